The van der Waals surface area contributed by atoms with E-state index in [0.29, 0.717) is 29.7 Å². The maximum absolute atomic E-state index is 9.77. The number of fused-ring (bicyclic) bond motifs is 1. The van der Waals surface area contributed by atoms with Crippen molar-refractivity contribution in [2.24, 2.45) is 0 Å². The molecule has 0 aliphatic heterocycles. The van der Waals surface area contributed by atoms with E-state index in [4.69, 9.17) is 19.4 Å². The molecule has 5 rings (SSSR count). The van der Waals surface area contributed by atoms with Gasteiger partial charge in [0.25, 0.3) is 0 Å². The molecule has 1 heterocycles. The molecule has 0 bridgehead atoms. The van der Waals surface area contributed by atoms with Gasteiger partial charge in [0.05, 0.1) is 26.3 Å². The van der Waals surface area contributed by atoms with Crippen molar-refractivity contribution in [2.75, 3.05) is 19.5 Å². The van der Waals surface area contributed by atoms with Crippen LogP contribution in [0.3, 0.4) is 0 Å². The molecule has 0 saturated heterocycles. The van der Waals surface area contributed by atoms with Crippen LogP contribution in [-0.2, 0) is 13.2 Å². The van der Waals surface area contributed by atoms with Crippen LogP contribution in [0.25, 0.3) is 22.3 Å². The number of nitrogens with one attached hydrogen (secondary N) is 1. The molecule has 0 unspecified atom stereocenters. The summed E-state index contributed by atoms with van der Waals surface area (Å²) in [6, 6.07) is 27.8. The highest BCUT2D eigenvalue weighted by atomic mass is 79.9. The van der Waals surface area contributed by atoms with Crippen LogP contribution in [-0.4, -0.2) is 29.3 Å². The van der Waals surface area contributed by atoms with Crippen molar-refractivity contribution in [1.82, 2.24) is 9.97 Å². The summed E-state index contributed by atoms with van der Waals surface area (Å²) in [5.41, 5.74) is 3.67. The van der Waals surface area contributed by atoms with Crippen LogP contribution in [0.4, 0.5) is 5.82 Å². The second kappa shape index (κ2) is 11.9. The lowest BCUT2D eigenvalue weighted by molar-refractivity contribution is 0.279. The molecule has 5 aromatic rings. The van der Waals surface area contributed by atoms with Gasteiger partial charge in [-0.3, -0.25) is 0 Å². The largest absolute Gasteiger partial charge is 0.493 e. The van der Waals surface area contributed by atoms with E-state index < -0.39 is 0 Å². The number of benzene rings is 4. The third-order valence-corrected chi connectivity index (χ3v) is 7.85. The Kier molecular flexibility index (Phi) is 8.12. The lowest BCUT2D eigenvalue weighted by atomic mass is 10.1. The second-order valence-electron chi connectivity index (χ2n) is 8.46. The Morgan fingerprint density at radius 1 is 0.816 bits per heavy atom. The Morgan fingerprint density at radius 2 is 1.45 bits per heavy atom. The minimum Gasteiger partial charge on any atom is -0.493 e. The van der Waals surface area contributed by atoms with Crippen molar-refractivity contribution in [3.8, 4) is 22.9 Å². The Labute approximate surface area is 234 Å². The highest BCUT2D eigenvalue weighted by Crippen LogP contribution is 2.37. The van der Waals surface area contributed by atoms with Gasteiger partial charge >= 0.3 is 0 Å². The normalized spacial score (nSPS) is 10.9. The number of anilines is 1. The first-order valence-electron chi connectivity index (χ1n) is 12.0. The predicted molar refractivity (Wildman–Crippen MR) is 156 cm³/mol. The molecular weight excluding hydrogens is 562 g/mol. The quantitative estimate of drug-likeness (QED) is 0.187. The van der Waals surface area contributed by atoms with Gasteiger partial charge in [-0.15, -0.1) is 0 Å². The Bertz CT molecular complexity index is 1580. The summed E-state index contributed by atoms with van der Waals surface area (Å²) in [5.74, 6) is 2.53. The van der Waals surface area contributed by atoms with Gasteiger partial charge in [-0.2, -0.15) is 0 Å². The molecule has 0 saturated carbocycles. The topological polar surface area (TPSA) is 76.5 Å². The molecule has 0 aliphatic carbocycles. The third-order valence-electron chi connectivity index (χ3n) is 6.09. The molecule has 0 fully saturated rings. The van der Waals surface area contributed by atoms with Gasteiger partial charge in [-0.1, -0.05) is 76.2 Å². The zero-order valence-electron chi connectivity index (χ0n) is 20.9. The molecule has 6 nitrogen and oxygen atoms in total. The van der Waals surface area contributed by atoms with Crippen LogP contribution in [0, 0.1) is 0 Å². The summed E-state index contributed by atoms with van der Waals surface area (Å²) < 4.78 is 12.1. The monoisotopic (exact) mass is 587 g/mol. The third kappa shape index (κ3) is 5.62. The number of nitrogens with zero attached hydrogens (tertiary/aromatic N) is 2. The summed E-state index contributed by atoms with van der Waals surface area (Å²) in [6.45, 7) is 0.547. The lowest BCUT2D eigenvalue weighted by Gasteiger charge is -2.16. The van der Waals surface area contributed by atoms with E-state index in [0.717, 1.165) is 41.9 Å². The number of rotatable bonds is 9. The smallest absolute Gasteiger partial charge is 0.162 e. The van der Waals surface area contributed by atoms with Crippen LogP contribution >= 0.6 is 27.7 Å². The molecule has 0 amide bonds. The Hall–Kier alpha value is -3.59. The average molecular weight is 589 g/mol. The first-order valence-corrected chi connectivity index (χ1v) is 13.6. The summed E-state index contributed by atoms with van der Waals surface area (Å²) in [5, 5.41) is 14.2. The van der Waals surface area contributed by atoms with E-state index in [1.54, 1.807) is 26.0 Å². The fourth-order valence-electron chi connectivity index (χ4n) is 4.10. The molecule has 192 valence electrons. The second-order valence-corrected chi connectivity index (χ2v) is 10.5. The zero-order chi connectivity index (χ0) is 26.5. The standard InChI is InChI=1S/C30H26BrN3O3S/c1-36-25-15-23-24(16-26(25)37-2)33-29(19-11-13-22(31)14-12-19)34-30(23)32-17-20-7-3-5-9-27(20)38-28-10-6-4-8-21(28)18-35/h3-16,35H,17-18H2,1-2H3,(H,32,33,34). The van der Waals surface area contributed by atoms with Gasteiger partial charge in [0.1, 0.15) is 5.82 Å². The van der Waals surface area contributed by atoms with Crippen LogP contribution in [0.1, 0.15) is 11.1 Å². The number of aliphatic hydroxyl groups excluding tert-OH is 1. The van der Waals surface area contributed by atoms with E-state index in [-0.39, 0.29) is 6.61 Å². The molecule has 38 heavy (non-hydrogen) atoms. The van der Waals surface area contributed by atoms with Crippen molar-refractivity contribution < 1.29 is 14.6 Å². The first kappa shape index (κ1) is 26.0. The zero-order valence-corrected chi connectivity index (χ0v) is 23.3. The van der Waals surface area contributed by atoms with E-state index in [9.17, 15) is 5.11 Å². The number of methoxy groups -OCH3 is 2. The maximum atomic E-state index is 9.77. The summed E-state index contributed by atoms with van der Waals surface area (Å²) in [4.78, 5) is 11.9. The average Bonchev–Trinajstić information content (AvgIpc) is 2.96. The number of hydrogen-bond acceptors (Lipinski definition) is 7. The molecule has 1 aromatic heterocycles. The van der Waals surface area contributed by atoms with Crippen LogP contribution in [0.2, 0.25) is 0 Å². The minimum absolute atomic E-state index is 0.000639. The van der Waals surface area contributed by atoms with E-state index in [1.165, 1.54) is 0 Å². The van der Waals surface area contributed by atoms with Crippen LogP contribution < -0.4 is 14.8 Å². The first-order chi connectivity index (χ1) is 18.6. The number of ether oxygens (including phenoxy) is 2. The number of aromatic nitrogens is 2. The van der Waals surface area contributed by atoms with Crippen molar-refractivity contribution in [3.05, 3.63) is 101 Å². The molecule has 2 N–H and O–H groups in total. The molecule has 0 atom stereocenters. The van der Waals surface area contributed by atoms with E-state index in [1.807, 2.05) is 72.8 Å². The fraction of sp³-hybridized carbons (Fsp3) is 0.133. The van der Waals surface area contributed by atoms with Gasteiger partial charge in [0.15, 0.2) is 17.3 Å². The van der Waals surface area contributed by atoms with Crippen molar-refractivity contribution in [1.29, 1.82) is 0 Å². The van der Waals surface area contributed by atoms with Gasteiger partial charge in [0, 0.05) is 37.8 Å². The molecule has 0 spiro atoms. The summed E-state index contributed by atoms with van der Waals surface area (Å²) in [7, 11) is 3.23. The highest BCUT2D eigenvalue weighted by molar-refractivity contribution is 9.10. The molecule has 0 radical (unpaired) electrons. The highest BCUT2D eigenvalue weighted by Gasteiger charge is 2.15. The molecule has 0 aliphatic rings. The van der Waals surface area contributed by atoms with Gasteiger partial charge in [0.2, 0.25) is 0 Å². The predicted octanol–water partition coefficient (Wildman–Crippen LogP) is 7.33. The Morgan fingerprint density at radius 3 is 2.13 bits per heavy atom. The van der Waals surface area contributed by atoms with Crippen molar-refractivity contribution in [2.45, 2.75) is 22.9 Å². The summed E-state index contributed by atoms with van der Waals surface area (Å²) in [6.07, 6.45) is 0. The lowest BCUT2D eigenvalue weighted by Crippen LogP contribution is -2.06. The van der Waals surface area contributed by atoms with E-state index >= 15 is 0 Å². The number of aliphatic hydroxyl groups is 1. The number of halogens is 1. The summed E-state index contributed by atoms with van der Waals surface area (Å²) >= 11 is 5.14. The Balaban J connectivity index is 1.53. The van der Waals surface area contributed by atoms with Gasteiger partial charge < -0.3 is 19.9 Å². The fourth-order valence-corrected chi connectivity index (χ4v) is 5.43. The SMILES string of the molecule is COc1cc2nc(-c3ccc(Br)cc3)nc(NCc3ccccc3Sc3ccccc3CO)c2cc1OC. The van der Waals surface area contributed by atoms with Crippen molar-refractivity contribution in [3.63, 3.8) is 0 Å². The number of hydrogen-bond donors (Lipinski definition) is 2. The minimum atomic E-state index is 0.000639. The molecular formula is C30H26BrN3O3S. The van der Waals surface area contributed by atoms with Gasteiger partial charge in [-0.05, 0) is 41.5 Å². The maximum Gasteiger partial charge on any atom is 0.162 e. The van der Waals surface area contributed by atoms with Crippen LogP contribution in [0.5, 0.6) is 11.5 Å². The van der Waals surface area contributed by atoms with E-state index in [2.05, 4.69) is 33.4 Å². The molecule has 4 aromatic carbocycles. The van der Waals surface area contributed by atoms with Crippen LogP contribution in [0.15, 0.2) is 99.2 Å². The molecule has 8 heteroatoms. The van der Waals surface area contributed by atoms with Crippen molar-refractivity contribution >= 4 is 44.4 Å². The van der Waals surface area contributed by atoms with Gasteiger partial charge in [-0.25, -0.2) is 9.97 Å².